The smallest absolute Gasteiger partial charge is 0.168 e. The van der Waals surface area contributed by atoms with Gasteiger partial charge in [0.2, 0.25) is 0 Å². The number of aliphatic hydroxyl groups is 1. The summed E-state index contributed by atoms with van der Waals surface area (Å²) < 4.78 is 0. The Bertz CT molecular complexity index is 372. The molecular formula is C13H21N3O3. The maximum atomic E-state index is 10.5. The van der Waals surface area contributed by atoms with E-state index < -0.39 is 0 Å². The van der Waals surface area contributed by atoms with Gasteiger partial charge in [0.1, 0.15) is 5.69 Å². The number of aldehydes is 1. The fraction of sp³-hybridized carbons (Fsp3) is 0.538. The third-order valence-corrected chi connectivity index (χ3v) is 2.71. The van der Waals surface area contributed by atoms with Crippen molar-refractivity contribution in [2.75, 3.05) is 20.2 Å². The number of nitrogens with zero attached hydrogens (tertiary/aromatic N) is 2. The van der Waals surface area contributed by atoms with Gasteiger partial charge in [0.25, 0.3) is 0 Å². The Kier molecular flexibility index (Phi) is 10.4. The number of carbonyl (C=O) groups excluding carboxylic acids is 1. The number of aryl methyl sites for hydroxylation is 1. The molecule has 0 aliphatic heterocycles. The van der Waals surface area contributed by atoms with Crippen molar-refractivity contribution in [1.29, 1.82) is 0 Å². The second-order valence-electron chi connectivity index (χ2n) is 4.01. The molecule has 0 aliphatic rings. The lowest BCUT2D eigenvalue weighted by Crippen LogP contribution is -2.17. The predicted molar refractivity (Wildman–Crippen MR) is 73.9 cm³/mol. The molecular weight excluding hydrogens is 246 g/mol. The first-order valence-corrected chi connectivity index (χ1v) is 6.14. The Morgan fingerprint density at radius 2 is 2.26 bits per heavy atom. The van der Waals surface area contributed by atoms with E-state index in [9.17, 15) is 9.70 Å². The van der Waals surface area contributed by atoms with Crippen molar-refractivity contribution in [3.8, 4) is 0 Å². The van der Waals surface area contributed by atoms with Crippen LogP contribution >= 0.6 is 0 Å². The molecule has 0 saturated heterocycles. The van der Waals surface area contributed by atoms with Gasteiger partial charge < -0.3 is 10.8 Å². The monoisotopic (exact) mass is 267 g/mol. The van der Waals surface area contributed by atoms with E-state index in [4.69, 9.17) is 10.8 Å². The largest absolute Gasteiger partial charge is 0.400 e. The molecule has 0 aliphatic carbocycles. The zero-order chi connectivity index (χ0) is 14.5. The summed E-state index contributed by atoms with van der Waals surface area (Å²) in [5.41, 5.74) is 7.06. The highest BCUT2D eigenvalue weighted by molar-refractivity contribution is 5.71. The minimum atomic E-state index is 0.167. The molecule has 0 spiro atoms. The number of aromatic nitrogens is 1. The molecule has 106 valence electrons. The Labute approximate surface area is 113 Å². The zero-order valence-electron chi connectivity index (χ0n) is 11.2. The van der Waals surface area contributed by atoms with Gasteiger partial charge in [-0.15, -0.1) is 0 Å². The number of nitroso groups, excluding NO2 is 1. The van der Waals surface area contributed by atoms with Gasteiger partial charge in [-0.3, -0.25) is 9.78 Å². The van der Waals surface area contributed by atoms with Crippen LogP contribution in [-0.4, -0.2) is 36.6 Å². The molecule has 0 radical (unpaired) electrons. The molecule has 19 heavy (non-hydrogen) atoms. The first-order valence-electron chi connectivity index (χ1n) is 6.14. The summed E-state index contributed by atoms with van der Waals surface area (Å²) in [7, 11) is 1.00. The van der Waals surface area contributed by atoms with E-state index in [0.717, 1.165) is 38.2 Å². The second-order valence-corrected chi connectivity index (χ2v) is 4.01. The maximum Gasteiger partial charge on any atom is 0.168 e. The Hall–Kier alpha value is -1.66. The summed E-state index contributed by atoms with van der Waals surface area (Å²) >= 11 is 0. The predicted octanol–water partition coefficient (Wildman–Crippen LogP) is 1.17. The van der Waals surface area contributed by atoms with Crippen LogP contribution in [-0.2, 0) is 6.42 Å². The van der Waals surface area contributed by atoms with Gasteiger partial charge in [0.15, 0.2) is 6.29 Å². The molecule has 0 saturated carbocycles. The van der Waals surface area contributed by atoms with E-state index >= 15 is 0 Å². The van der Waals surface area contributed by atoms with E-state index in [-0.39, 0.29) is 12.5 Å². The Balaban J connectivity index is 0.00000154. The molecule has 0 bridgehead atoms. The fourth-order valence-electron chi connectivity index (χ4n) is 1.70. The van der Waals surface area contributed by atoms with Crippen molar-refractivity contribution in [3.05, 3.63) is 34.5 Å². The lowest BCUT2D eigenvalue weighted by molar-refractivity contribution is 0.111. The van der Waals surface area contributed by atoms with Crippen LogP contribution < -0.4 is 5.73 Å². The molecule has 6 nitrogen and oxygen atoms in total. The third kappa shape index (κ3) is 7.38. The lowest BCUT2D eigenvalue weighted by Gasteiger charge is -2.09. The summed E-state index contributed by atoms with van der Waals surface area (Å²) in [6, 6.07) is 3.67. The van der Waals surface area contributed by atoms with Gasteiger partial charge in [0, 0.05) is 13.3 Å². The minimum absolute atomic E-state index is 0.167. The van der Waals surface area contributed by atoms with Crippen molar-refractivity contribution in [1.82, 2.24) is 4.98 Å². The number of hydrogen-bond donors (Lipinski definition) is 2. The molecule has 1 rings (SSSR count). The summed E-state index contributed by atoms with van der Waals surface area (Å²) in [4.78, 5) is 24.6. The standard InChI is InChI=1S/C12H17N3O2.CH4O/c13-7-11(8-15-17)3-1-2-10-4-5-14-12(6-10)9-16;1-2/h4-6,9,11H,1-3,7-8,13H2;2H,1H3. The van der Waals surface area contributed by atoms with Crippen LogP contribution in [0.2, 0.25) is 0 Å². The number of rotatable bonds is 8. The maximum absolute atomic E-state index is 10.5. The molecule has 3 N–H and O–H groups in total. The molecule has 1 unspecified atom stereocenters. The van der Waals surface area contributed by atoms with Gasteiger partial charge in [-0.25, -0.2) is 0 Å². The summed E-state index contributed by atoms with van der Waals surface area (Å²) in [5.74, 6) is 0.167. The number of carbonyl (C=O) groups is 1. The number of pyridine rings is 1. The minimum Gasteiger partial charge on any atom is -0.400 e. The van der Waals surface area contributed by atoms with Gasteiger partial charge >= 0.3 is 0 Å². The Morgan fingerprint density at radius 3 is 2.84 bits per heavy atom. The quantitative estimate of drug-likeness (QED) is 0.543. The topological polar surface area (TPSA) is 106 Å². The zero-order valence-corrected chi connectivity index (χ0v) is 11.2. The number of hydrogen-bond acceptors (Lipinski definition) is 6. The summed E-state index contributed by atoms with van der Waals surface area (Å²) in [6.45, 7) is 0.772. The molecule has 1 heterocycles. The van der Waals surface area contributed by atoms with Crippen LogP contribution in [0.4, 0.5) is 0 Å². The van der Waals surface area contributed by atoms with Crippen LogP contribution in [0.1, 0.15) is 28.9 Å². The second kappa shape index (κ2) is 11.4. The van der Waals surface area contributed by atoms with E-state index in [1.165, 1.54) is 0 Å². The molecule has 1 aromatic heterocycles. The van der Waals surface area contributed by atoms with Crippen LogP contribution in [0.5, 0.6) is 0 Å². The Morgan fingerprint density at radius 1 is 1.53 bits per heavy atom. The molecule has 0 aromatic carbocycles. The van der Waals surface area contributed by atoms with Gasteiger partial charge in [-0.2, -0.15) is 4.91 Å². The highest BCUT2D eigenvalue weighted by atomic mass is 16.3. The van der Waals surface area contributed by atoms with Crippen LogP contribution in [0.3, 0.4) is 0 Å². The number of nitrogens with two attached hydrogens (primary N) is 1. The van der Waals surface area contributed by atoms with Crippen LogP contribution in [0.15, 0.2) is 23.5 Å². The van der Waals surface area contributed by atoms with Crippen molar-refractivity contribution in [2.45, 2.75) is 19.3 Å². The molecule has 6 heteroatoms. The normalized spacial score (nSPS) is 11.1. The van der Waals surface area contributed by atoms with E-state index in [1.807, 2.05) is 6.07 Å². The van der Waals surface area contributed by atoms with Crippen molar-refractivity contribution < 1.29 is 9.90 Å². The van der Waals surface area contributed by atoms with Gasteiger partial charge in [-0.05, 0) is 49.4 Å². The average Bonchev–Trinajstić information content (AvgIpc) is 2.48. The molecule has 0 amide bonds. The van der Waals surface area contributed by atoms with E-state index in [2.05, 4.69) is 10.2 Å². The van der Waals surface area contributed by atoms with E-state index in [1.54, 1.807) is 12.3 Å². The highest BCUT2D eigenvalue weighted by Gasteiger charge is 2.06. The van der Waals surface area contributed by atoms with Gasteiger partial charge in [0.05, 0.1) is 6.54 Å². The lowest BCUT2D eigenvalue weighted by atomic mass is 10.00. The summed E-state index contributed by atoms with van der Waals surface area (Å²) in [6.07, 6.45) is 5.04. The fourth-order valence-corrected chi connectivity index (χ4v) is 1.70. The highest BCUT2D eigenvalue weighted by Crippen LogP contribution is 2.10. The summed E-state index contributed by atoms with van der Waals surface area (Å²) in [5, 5.41) is 9.87. The molecule has 0 fully saturated rings. The van der Waals surface area contributed by atoms with Crippen molar-refractivity contribution >= 4 is 6.29 Å². The van der Waals surface area contributed by atoms with Gasteiger partial charge in [-0.1, -0.05) is 5.18 Å². The average molecular weight is 267 g/mol. The van der Waals surface area contributed by atoms with E-state index in [0.29, 0.717) is 12.2 Å². The first kappa shape index (κ1) is 17.3. The molecule has 1 atom stereocenters. The third-order valence-electron chi connectivity index (χ3n) is 2.71. The van der Waals surface area contributed by atoms with Crippen molar-refractivity contribution in [3.63, 3.8) is 0 Å². The number of aliphatic hydroxyl groups excluding tert-OH is 1. The molecule has 1 aromatic rings. The first-order chi connectivity index (χ1) is 9.30. The van der Waals surface area contributed by atoms with Crippen LogP contribution in [0, 0.1) is 10.8 Å². The SMILES string of the molecule is CO.NCC(CCCc1ccnc(C=O)c1)CN=O. The van der Waals surface area contributed by atoms with Crippen molar-refractivity contribution in [2.24, 2.45) is 16.8 Å². The van der Waals surface area contributed by atoms with Crippen LogP contribution in [0.25, 0.3) is 0 Å².